The predicted molar refractivity (Wildman–Crippen MR) is 62.7 cm³/mol. The quantitative estimate of drug-likeness (QED) is 0.843. The van der Waals surface area contributed by atoms with E-state index in [0.717, 1.165) is 15.6 Å². The van der Waals surface area contributed by atoms with E-state index in [1.807, 2.05) is 13.8 Å². The highest BCUT2D eigenvalue weighted by atomic mass is 32.1. The summed E-state index contributed by atoms with van der Waals surface area (Å²) in [5.74, 6) is -1.88. The molecule has 1 fully saturated rings. The molecule has 2 rings (SSSR count). The highest BCUT2D eigenvalue weighted by molar-refractivity contribution is 7.11. The van der Waals surface area contributed by atoms with E-state index >= 15 is 0 Å². The van der Waals surface area contributed by atoms with Gasteiger partial charge in [-0.15, -0.1) is 11.3 Å². The van der Waals surface area contributed by atoms with Gasteiger partial charge in [-0.3, -0.25) is 9.59 Å². The molecule has 2 atom stereocenters. The number of carboxylic acid groups (broad SMARTS) is 1. The van der Waals surface area contributed by atoms with Crippen molar-refractivity contribution in [3.05, 3.63) is 15.6 Å². The third kappa shape index (κ3) is 2.63. The standard InChI is InChI=1S/C11H14N2O3S/c1-5-9(17-6(2)13-5)4-12-10(14)7-3-8(7)11(15)16/h7-8H,3-4H2,1-2H3,(H,12,14)(H,15,16). The fourth-order valence-corrected chi connectivity index (χ4v) is 2.67. The van der Waals surface area contributed by atoms with E-state index in [2.05, 4.69) is 10.3 Å². The van der Waals surface area contributed by atoms with Crippen LogP contribution < -0.4 is 5.32 Å². The van der Waals surface area contributed by atoms with Crippen molar-refractivity contribution >= 4 is 23.2 Å². The minimum Gasteiger partial charge on any atom is -0.481 e. The molecule has 0 radical (unpaired) electrons. The van der Waals surface area contributed by atoms with Crippen molar-refractivity contribution in [2.24, 2.45) is 11.8 Å². The van der Waals surface area contributed by atoms with Crippen molar-refractivity contribution in [3.63, 3.8) is 0 Å². The van der Waals surface area contributed by atoms with Gasteiger partial charge in [0, 0.05) is 4.88 Å². The van der Waals surface area contributed by atoms with Crippen LogP contribution in [-0.2, 0) is 16.1 Å². The van der Waals surface area contributed by atoms with Gasteiger partial charge in [0.25, 0.3) is 0 Å². The molecule has 2 unspecified atom stereocenters. The third-order valence-electron chi connectivity index (χ3n) is 2.87. The van der Waals surface area contributed by atoms with Crippen LogP contribution >= 0.6 is 11.3 Å². The second-order valence-electron chi connectivity index (χ2n) is 4.25. The summed E-state index contributed by atoms with van der Waals surface area (Å²) in [7, 11) is 0. The molecule has 2 N–H and O–H groups in total. The maximum atomic E-state index is 11.6. The minimum absolute atomic E-state index is 0.164. The SMILES string of the molecule is Cc1nc(C)c(CNC(=O)C2CC2C(=O)O)s1. The van der Waals surface area contributed by atoms with E-state index in [0.29, 0.717) is 13.0 Å². The lowest BCUT2D eigenvalue weighted by molar-refractivity contribution is -0.140. The van der Waals surface area contributed by atoms with E-state index in [1.54, 1.807) is 11.3 Å². The molecule has 1 heterocycles. The molecular weight excluding hydrogens is 240 g/mol. The number of nitrogens with zero attached hydrogens (tertiary/aromatic N) is 1. The Morgan fingerprint density at radius 2 is 2.18 bits per heavy atom. The summed E-state index contributed by atoms with van der Waals surface area (Å²) >= 11 is 1.55. The van der Waals surface area contributed by atoms with Gasteiger partial charge in [-0.1, -0.05) is 0 Å². The summed E-state index contributed by atoms with van der Waals surface area (Å²) in [5.41, 5.74) is 0.929. The first-order valence-corrected chi connectivity index (χ1v) is 6.24. The molecule has 1 saturated carbocycles. The van der Waals surface area contributed by atoms with E-state index in [-0.39, 0.29) is 11.8 Å². The van der Waals surface area contributed by atoms with Crippen molar-refractivity contribution in [3.8, 4) is 0 Å². The van der Waals surface area contributed by atoms with Gasteiger partial charge < -0.3 is 10.4 Å². The monoisotopic (exact) mass is 254 g/mol. The summed E-state index contributed by atoms with van der Waals surface area (Å²) in [6.45, 7) is 4.27. The van der Waals surface area contributed by atoms with Crippen LogP contribution in [0.5, 0.6) is 0 Å². The van der Waals surface area contributed by atoms with E-state index in [4.69, 9.17) is 5.11 Å². The van der Waals surface area contributed by atoms with Gasteiger partial charge in [0.15, 0.2) is 0 Å². The number of hydrogen-bond acceptors (Lipinski definition) is 4. The van der Waals surface area contributed by atoms with Crippen LogP contribution in [0.25, 0.3) is 0 Å². The van der Waals surface area contributed by atoms with E-state index in [1.165, 1.54) is 0 Å². The number of thiazole rings is 1. The molecule has 17 heavy (non-hydrogen) atoms. The van der Waals surface area contributed by atoms with Crippen molar-refractivity contribution in [1.29, 1.82) is 0 Å². The number of rotatable bonds is 4. The fourth-order valence-electron chi connectivity index (χ4n) is 1.79. The van der Waals surface area contributed by atoms with Gasteiger partial charge in [-0.05, 0) is 20.3 Å². The Morgan fingerprint density at radius 1 is 1.47 bits per heavy atom. The average molecular weight is 254 g/mol. The Bertz CT molecular complexity index is 469. The van der Waals surface area contributed by atoms with Crippen molar-refractivity contribution in [1.82, 2.24) is 10.3 Å². The molecule has 92 valence electrons. The van der Waals surface area contributed by atoms with Gasteiger partial charge in [0.1, 0.15) is 0 Å². The lowest BCUT2D eigenvalue weighted by Gasteiger charge is -2.02. The van der Waals surface area contributed by atoms with Gasteiger partial charge in [0.05, 0.1) is 29.1 Å². The zero-order valence-electron chi connectivity index (χ0n) is 9.69. The van der Waals surface area contributed by atoms with Crippen LogP contribution in [0.15, 0.2) is 0 Å². The molecule has 5 nitrogen and oxygen atoms in total. The van der Waals surface area contributed by atoms with Crippen LogP contribution in [0.2, 0.25) is 0 Å². The third-order valence-corrected chi connectivity index (χ3v) is 3.94. The molecule has 1 aromatic heterocycles. The van der Waals surface area contributed by atoms with E-state index < -0.39 is 11.9 Å². The molecule has 0 aliphatic heterocycles. The molecule has 1 aliphatic rings. The maximum Gasteiger partial charge on any atom is 0.307 e. The zero-order valence-corrected chi connectivity index (χ0v) is 10.5. The van der Waals surface area contributed by atoms with Crippen LogP contribution in [0.1, 0.15) is 22.0 Å². The van der Waals surface area contributed by atoms with Crippen molar-refractivity contribution in [2.75, 3.05) is 0 Å². The second kappa shape index (κ2) is 4.44. The molecule has 1 amide bonds. The summed E-state index contributed by atoms with van der Waals surface area (Å²) < 4.78 is 0. The topological polar surface area (TPSA) is 79.3 Å². The summed E-state index contributed by atoms with van der Waals surface area (Å²) in [4.78, 5) is 27.5. The maximum absolute atomic E-state index is 11.6. The lowest BCUT2D eigenvalue weighted by Crippen LogP contribution is -2.25. The van der Waals surface area contributed by atoms with Crippen LogP contribution in [0.4, 0.5) is 0 Å². The minimum atomic E-state index is -0.880. The number of hydrogen-bond donors (Lipinski definition) is 2. The Labute approximate surface area is 103 Å². The van der Waals surface area contributed by atoms with Gasteiger partial charge >= 0.3 is 5.97 Å². The average Bonchev–Trinajstić information content (AvgIpc) is 2.97. The number of carbonyl (C=O) groups is 2. The zero-order chi connectivity index (χ0) is 12.6. The molecule has 0 saturated heterocycles. The van der Waals surface area contributed by atoms with Gasteiger partial charge in [-0.25, -0.2) is 4.98 Å². The fraction of sp³-hybridized carbons (Fsp3) is 0.545. The highest BCUT2D eigenvalue weighted by Crippen LogP contribution is 2.38. The largest absolute Gasteiger partial charge is 0.481 e. The first-order valence-electron chi connectivity index (χ1n) is 5.42. The number of carboxylic acids is 1. The summed E-state index contributed by atoms with van der Waals surface area (Å²) in [6, 6.07) is 0. The summed E-state index contributed by atoms with van der Waals surface area (Å²) in [5, 5.41) is 12.5. The molecule has 1 aliphatic carbocycles. The van der Waals surface area contributed by atoms with Crippen molar-refractivity contribution < 1.29 is 14.7 Å². The number of nitrogens with one attached hydrogen (secondary N) is 1. The Hall–Kier alpha value is -1.43. The molecule has 0 bridgehead atoms. The molecule has 6 heteroatoms. The van der Waals surface area contributed by atoms with Crippen LogP contribution in [0.3, 0.4) is 0 Å². The second-order valence-corrected chi connectivity index (χ2v) is 5.53. The Morgan fingerprint density at radius 3 is 2.65 bits per heavy atom. The van der Waals surface area contributed by atoms with E-state index in [9.17, 15) is 9.59 Å². The lowest BCUT2D eigenvalue weighted by atomic mass is 10.3. The number of aromatic nitrogens is 1. The van der Waals surface area contributed by atoms with Crippen LogP contribution in [0, 0.1) is 25.7 Å². The number of aryl methyl sites for hydroxylation is 2. The smallest absolute Gasteiger partial charge is 0.307 e. The van der Waals surface area contributed by atoms with Gasteiger partial charge in [0.2, 0.25) is 5.91 Å². The number of amides is 1. The molecular formula is C11H14N2O3S. The normalized spacial score (nSPS) is 22.2. The molecule has 1 aromatic rings. The molecule has 0 aromatic carbocycles. The Kier molecular flexibility index (Phi) is 3.15. The summed E-state index contributed by atoms with van der Waals surface area (Å²) in [6.07, 6.45) is 0.460. The number of aliphatic carboxylic acids is 1. The predicted octanol–water partition coefficient (Wildman–Crippen LogP) is 1.10. The first kappa shape index (κ1) is 12.0. The van der Waals surface area contributed by atoms with Crippen molar-refractivity contribution in [2.45, 2.75) is 26.8 Å². The highest BCUT2D eigenvalue weighted by Gasteiger charge is 2.48. The first-order chi connectivity index (χ1) is 7.99. The van der Waals surface area contributed by atoms with Crippen LogP contribution in [-0.4, -0.2) is 22.0 Å². The Balaban J connectivity index is 1.85. The molecule has 0 spiro atoms. The number of carbonyl (C=O) groups excluding carboxylic acids is 1. The van der Waals surface area contributed by atoms with Gasteiger partial charge in [-0.2, -0.15) is 0 Å².